The van der Waals surface area contributed by atoms with Gasteiger partial charge in [-0.3, -0.25) is 9.59 Å². The number of ether oxygens (including phenoxy) is 1. The molecule has 1 fully saturated rings. The van der Waals surface area contributed by atoms with Crippen LogP contribution in [0, 0.1) is 5.92 Å². The van der Waals surface area contributed by atoms with Crippen molar-refractivity contribution in [3.8, 4) is 0 Å². The van der Waals surface area contributed by atoms with Gasteiger partial charge < -0.3 is 15.4 Å². The minimum absolute atomic E-state index is 0.0692. The topological polar surface area (TPSA) is 67.4 Å². The van der Waals surface area contributed by atoms with Crippen LogP contribution in [0.4, 0.5) is 5.69 Å². The summed E-state index contributed by atoms with van der Waals surface area (Å²) >= 11 is 0. The first-order valence-electron chi connectivity index (χ1n) is 6.51. The highest BCUT2D eigenvalue weighted by Gasteiger charge is 2.22. The summed E-state index contributed by atoms with van der Waals surface area (Å²) in [7, 11) is 0. The molecule has 0 atom stereocenters. The highest BCUT2D eigenvalue weighted by Crippen LogP contribution is 2.28. The zero-order valence-corrected chi connectivity index (χ0v) is 10.6. The molecule has 2 amide bonds. The summed E-state index contributed by atoms with van der Waals surface area (Å²) in [6, 6.07) is 5.36. The van der Waals surface area contributed by atoms with Crippen molar-refractivity contribution in [1.29, 1.82) is 0 Å². The largest absolute Gasteiger partial charge is 0.371 e. The standard InChI is InChI=1S/C14H16N2O3/c17-13(8-19-7-9-1-2-9)16-11-4-3-10-6-15-14(18)12(10)5-11/h3-5,9H,1-2,6-8H2,(H,15,18)(H,16,17). The first-order valence-corrected chi connectivity index (χ1v) is 6.51. The second-order valence-electron chi connectivity index (χ2n) is 5.06. The molecule has 0 saturated heterocycles. The van der Waals surface area contributed by atoms with Crippen LogP contribution in [0.1, 0.15) is 28.8 Å². The summed E-state index contributed by atoms with van der Waals surface area (Å²) in [5, 5.41) is 5.49. The molecular formula is C14H16N2O3. The number of fused-ring (bicyclic) bond motifs is 1. The predicted molar refractivity (Wildman–Crippen MR) is 69.8 cm³/mol. The summed E-state index contributed by atoms with van der Waals surface area (Å²) in [6.07, 6.45) is 2.42. The van der Waals surface area contributed by atoms with E-state index in [0.29, 0.717) is 30.3 Å². The normalized spacial score (nSPS) is 16.9. The molecule has 1 saturated carbocycles. The number of hydrogen-bond acceptors (Lipinski definition) is 3. The second kappa shape index (κ2) is 5.01. The third-order valence-corrected chi connectivity index (χ3v) is 3.36. The summed E-state index contributed by atoms with van der Waals surface area (Å²) in [6.45, 7) is 1.30. The van der Waals surface area contributed by atoms with Gasteiger partial charge in [-0.2, -0.15) is 0 Å². The van der Waals surface area contributed by atoms with Crippen molar-refractivity contribution in [2.45, 2.75) is 19.4 Å². The Labute approximate surface area is 111 Å². The molecule has 19 heavy (non-hydrogen) atoms. The van der Waals surface area contributed by atoms with Gasteiger partial charge in [-0.05, 0) is 36.5 Å². The number of benzene rings is 1. The Balaban J connectivity index is 1.55. The Morgan fingerprint density at radius 2 is 2.26 bits per heavy atom. The van der Waals surface area contributed by atoms with Gasteiger partial charge in [-0.25, -0.2) is 0 Å². The van der Waals surface area contributed by atoms with Gasteiger partial charge in [0.05, 0.1) is 6.61 Å². The molecule has 1 heterocycles. The monoisotopic (exact) mass is 260 g/mol. The van der Waals surface area contributed by atoms with Gasteiger partial charge in [-0.1, -0.05) is 6.07 Å². The molecule has 5 heteroatoms. The van der Waals surface area contributed by atoms with Gasteiger partial charge in [-0.15, -0.1) is 0 Å². The molecule has 2 aliphatic rings. The van der Waals surface area contributed by atoms with Crippen molar-refractivity contribution in [3.63, 3.8) is 0 Å². The van der Waals surface area contributed by atoms with Crippen molar-refractivity contribution in [2.75, 3.05) is 18.5 Å². The SMILES string of the molecule is O=C(COCC1CC1)Nc1ccc2c(c1)C(=O)NC2. The van der Waals surface area contributed by atoms with Crippen molar-refractivity contribution < 1.29 is 14.3 Å². The lowest BCUT2D eigenvalue weighted by atomic mass is 10.1. The maximum absolute atomic E-state index is 11.7. The van der Waals surface area contributed by atoms with Gasteiger partial charge in [0.15, 0.2) is 0 Å². The molecule has 0 bridgehead atoms. The Morgan fingerprint density at radius 1 is 1.42 bits per heavy atom. The Morgan fingerprint density at radius 3 is 3.05 bits per heavy atom. The summed E-state index contributed by atoms with van der Waals surface area (Å²) in [5.74, 6) is 0.381. The van der Waals surface area contributed by atoms with Crippen LogP contribution < -0.4 is 10.6 Å². The van der Waals surface area contributed by atoms with E-state index >= 15 is 0 Å². The summed E-state index contributed by atoms with van der Waals surface area (Å²) < 4.78 is 5.31. The first-order chi connectivity index (χ1) is 9.22. The van der Waals surface area contributed by atoms with Crippen LogP contribution in [0.2, 0.25) is 0 Å². The summed E-state index contributed by atoms with van der Waals surface area (Å²) in [4.78, 5) is 23.2. The zero-order valence-electron chi connectivity index (χ0n) is 10.6. The van der Waals surface area contributed by atoms with E-state index in [2.05, 4.69) is 10.6 Å². The van der Waals surface area contributed by atoms with Crippen LogP contribution in [0.3, 0.4) is 0 Å². The minimum atomic E-state index is -0.181. The van der Waals surface area contributed by atoms with Gasteiger partial charge in [0, 0.05) is 17.8 Å². The van der Waals surface area contributed by atoms with E-state index in [1.165, 1.54) is 12.8 Å². The van der Waals surface area contributed by atoms with Crippen molar-refractivity contribution in [3.05, 3.63) is 29.3 Å². The van der Waals surface area contributed by atoms with Crippen LogP contribution in [0.15, 0.2) is 18.2 Å². The molecule has 0 aromatic heterocycles. The number of carbonyl (C=O) groups is 2. The quantitative estimate of drug-likeness (QED) is 0.838. The second-order valence-corrected chi connectivity index (χ2v) is 5.06. The van der Waals surface area contributed by atoms with Crippen LogP contribution in [-0.4, -0.2) is 25.0 Å². The molecule has 0 radical (unpaired) electrons. The molecule has 1 aromatic carbocycles. The Kier molecular flexibility index (Phi) is 3.21. The third-order valence-electron chi connectivity index (χ3n) is 3.36. The van der Waals surface area contributed by atoms with E-state index in [1.54, 1.807) is 12.1 Å². The lowest BCUT2D eigenvalue weighted by Gasteiger charge is -2.07. The van der Waals surface area contributed by atoms with E-state index in [9.17, 15) is 9.59 Å². The fraction of sp³-hybridized carbons (Fsp3) is 0.429. The molecule has 2 N–H and O–H groups in total. The van der Waals surface area contributed by atoms with Gasteiger partial charge in [0.2, 0.25) is 5.91 Å². The molecule has 1 aliphatic heterocycles. The van der Waals surface area contributed by atoms with Crippen LogP contribution >= 0.6 is 0 Å². The van der Waals surface area contributed by atoms with Crippen molar-refractivity contribution >= 4 is 17.5 Å². The van der Waals surface area contributed by atoms with Crippen LogP contribution in [-0.2, 0) is 16.1 Å². The Hall–Kier alpha value is -1.88. The van der Waals surface area contributed by atoms with E-state index in [-0.39, 0.29) is 18.4 Å². The summed E-state index contributed by atoms with van der Waals surface area (Å²) in [5.41, 5.74) is 2.24. The van der Waals surface area contributed by atoms with E-state index in [4.69, 9.17) is 4.74 Å². The van der Waals surface area contributed by atoms with Gasteiger partial charge in [0.1, 0.15) is 6.61 Å². The molecule has 100 valence electrons. The predicted octanol–water partition coefficient (Wildman–Crippen LogP) is 1.30. The van der Waals surface area contributed by atoms with Crippen LogP contribution in [0.25, 0.3) is 0 Å². The smallest absolute Gasteiger partial charge is 0.251 e. The number of carbonyl (C=O) groups excluding carboxylic acids is 2. The van der Waals surface area contributed by atoms with E-state index in [0.717, 1.165) is 5.56 Å². The van der Waals surface area contributed by atoms with Gasteiger partial charge in [0.25, 0.3) is 5.91 Å². The fourth-order valence-corrected chi connectivity index (χ4v) is 2.09. The van der Waals surface area contributed by atoms with Gasteiger partial charge >= 0.3 is 0 Å². The molecule has 0 unspecified atom stereocenters. The van der Waals surface area contributed by atoms with Crippen LogP contribution in [0.5, 0.6) is 0 Å². The van der Waals surface area contributed by atoms with E-state index in [1.807, 2.05) is 6.07 Å². The number of hydrogen-bond donors (Lipinski definition) is 2. The fourth-order valence-electron chi connectivity index (χ4n) is 2.09. The number of anilines is 1. The van der Waals surface area contributed by atoms with Crippen molar-refractivity contribution in [2.24, 2.45) is 5.92 Å². The maximum atomic E-state index is 11.7. The highest BCUT2D eigenvalue weighted by molar-refractivity contribution is 6.00. The first kappa shape index (κ1) is 12.2. The minimum Gasteiger partial charge on any atom is -0.371 e. The molecule has 5 nitrogen and oxygen atoms in total. The molecular weight excluding hydrogens is 244 g/mol. The molecule has 0 spiro atoms. The maximum Gasteiger partial charge on any atom is 0.251 e. The van der Waals surface area contributed by atoms with E-state index < -0.39 is 0 Å². The average Bonchev–Trinajstić information content (AvgIpc) is 3.14. The third kappa shape index (κ3) is 2.93. The zero-order chi connectivity index (χ0) is 13.2. The molecule has 3 rings (SSSR count). The molecule has 1 aliphatic carbocycles. The average molecular weight is 260 g/mol. The number of nitrogens with one attached hydrogen (secondary N) is 2. The van der Waals surface area contributed by atoms with Crippen molar-refractivity contribution in [1.82, 2.24) is 5.32 Å². The lowest BCUT2D eigenvalue weighted by molar-refractivity contribution is -0.120. The highest BCUT2D eigenvalue weighted by atomic mass is 16.5. The number of rotatable bonds is 5. The molecule has 1 aromatic rings. The lowest BCUT2D eigenvalue weighted by Crippen LogP contribution is -2.19. The Bertz CT molecular complexity index is 523. The number of amides is 2.